The van der Waals surface area contributed by atoms with E-state index < -0.39 is 0 Å². The number of guanidine groups is 1. The highest BCUT2D eigenvalue weighted by Gasteiger charge is 2.25. The largest absolute Gasteiger partial charge is 0.370 e. The fourth-order valence-corrected chi connectivity index (χ4v) is 3.85. The number of ether oxygens (including phenoxy) is 1. The zero-order chi connectivity index (χ0) is 18.4. The molecule has 148 valence electrons. The van der Waals surface area contributed by atoms with Gasteiger partial charge in [-0.1, -0.05) is 24.3 Å². The molecule has 1 N–H and O–H groups in total. The Bertz CT molecular complexity index is 749. The lowest BCUT2D eigenvalue weighted by molar-refractivity contribution is -0.00832. The van der Waals surface area contributed by atoms with Crippen molar-refractivity contribution in [1.82, 2.24) is 15.2 Å². The highest BCUT2D eigenvalue weighted by Crippen LogP contribution is 2.25. The third kappa shape index (κ3) is 6.15. The van der Waals surface area contributed by atoms with Gasteiger partial charge in [0.2, 0.25) is 0 Å². The van der Waals surface area contributed by atoms with Crippen molar-refractivity contribution in [2.24, 2.45) is 4.99 Å². The summed E-state index contributed by atoms with van der Waals surface area (Å²) in [7, 11) is 0. The molecule has 1 aromatic heterocycles. The SMILES string of the molecule is CCNC(=NCCc1csc(C)n1)N1CCOC(c2ccccc2C)C1.I. The molecular weight excluding hydrogens is 471 g/mol. The topological polar surface area (TPSA) is 49.8 Å². The first-order chi connectivity index (χ1) is 12.7. The van der Waals surface area contributed by atoms with Gasteiger partial charge >= 0.3 is 0 Å². The molecule has 0 bridgehead atoms. The second-order valence-electron chi connectivity index (χ2n) is 6.51. The summed E-state index contributed by atoms with van der Waals surface area (Å²) >= 11 is 1.70. The molecule has 1 aliphatic rings. The lowest BCUT2D eigenvalue weighted by Crippen LogP contribution is -2.48. The van der Waals surface area contributed by atoms with Crippen LogP contribution in [0.25, 0.3) is 0 Å². The van der Waals surface area contributed by atoms with E-state index in [9.17, 15) is 0 Å². The van der Waals surface area contributed by atoms with Crippen molar-refractivity contribution >= 4 is 41.3 Å². The average Bonchev–Trinajstić information content (AvgIpc) is 3.07. The Morgan fingerprint density at radius 2 is 2.19 bits per heavy atom. The summed E-state index contributed by atoms with van der Waals surface area (Å²) in [5.41, 5.74) is 3.68. The molecule has 0 radical (unpaired) electrons. The van der Waals surface area contributed by atoms with Gasteiger partial charge < -0.3 is 15.0 Å². The van der Waals surface area contributed by atoms with Crippen molar-refractivity contribution in [1.29, 1.82) is 0 Å². The van der Waals surface area contributed by atoms with Gasteiger partial charge in [0.25, 0.3) is 0 Å². The van der Waals surface area contributed by atoms with Crippen LogP contribution >= 0.6 is 35.3 Å². The van der Waals surface area contributed by atoms with E-state index in [1.807, 2.05) is 6.92 Å². The summed E-state index contributed by atoms with van der Waals surface area (Å²) in [6, 6.07) is 8.47. The van der Waals surface area contributed by atoms with Gasteiger partial charge in [-0.2, -0.15) is 0 Å². The fraction of sp³-hybridized carbons (Fsp3) is 0.500. The maximum atomic E-state index is 6.05. The number of hydrogen-bond donors (Lipinski definition) is 1. The average molecular weight is 500 g/mol. The minimum absolute atomic E-state index is 0. The lowest BCUT2D eigenvalue weighted by atomic mass is 10.0. The number of aromatic nitrogens is 1. The number of rotatable bonds is 5. The van der Waals surface area contributed by atoms with E-state index in [-0.39, 0.29) is 30.1 Å². The third-order valence-corrected chi connectivity index (χ3v) is 5.35. The van der Waals surface area contributed by atoms with Gasteiger partial charge in [0.1, 0.15) is 6.10 Å². The summed E-state index contributed by atoms with van der Waals surface area (Å²) in [6.45, 7) is 10.3. The maximum Gasteiger partial charge on any atom is 0.194 e. The van der Waals surface area contributed by atoms with Crippen LogP contribution in [-0.4, -0.2) is 48.6 Å². The van der Waals surface area contributed by atoms with Gasteiger partial charge in [-0.05, 0) is 31.9 Å². The van der Waals surface area contributed by atoms with Crippen LogP contribution in [0.3, 0.4) is 0 Å². The minimum Gasteiger partial charge on any atom is -0.370 e. The van der Waals surface area contributed by atoms with Crippen molar-refractivity contribution in [2.75, 3.05) is 32.8 Å². The van der Waals surface area contributed by atoms with Gasteiger partial charge in [0, 0.05) is 31.4 Å². The Morgan fingerprint density at radius 3 is 2.89 bits per heavy atom. The first-order valence-corrected chi connectivity index (χ1v) is 10.2. The summed E-state index contributed by atoms with van der Waals surface area (Å²) < 4.78 is 6.05. The van der Waals surface area contributed by atoms with E-state index in [4.69, 9.17) is 9.73 Å². The predicted molar refractivity (Wildman–Crippen MR) is 123 cm³/mol. The summed E-state index contributed by atoms with van der Waals surface area (Å²) in [6.07, 6.45) is 0.972. The molecule has 7 heteroatoms. The van der Waals surface area contributed by atoms with Gasteiger partial charge in [-0.15, -0.1) is 35.3 Å². The van der Waals surface area contributed by atoms with Crippen LogP contribution in [0.2, 0.25) is 0 Å². The summed E-state index contributed by atoms with van der Waals surface area (Å²) in [5.74, 6) is 0.973. The van der Waals surface area contributed by atoms with Gasteiger partial charge in [0.15, 0.2) is 5.96 Å². The maximum absolute atomic E-state index is 6.05. The van der Waals surface area contributed by atoms with Crippen molar-refractivity contribution in [3.63, 3.8) is 0 Å². The third-order valence-electron chi connectivity index (χ3n) is 4.53. The molecule has 3 rings (SSSR count). The van der Waals surface area contributed by atoms with Crippen LogP contribution in [0.1, 0.15) is 34.9 Å². The molecule has 0 amide bonds. The molecule has 27 heavy (non-hydrogen) atoms. The number of thiazole rings is 1. The number of halogens is 1. The smallest absolute Gasteiger partial charge is 0.194 e. The van der Waals surface area contributed by atoms with Gasteiger partial charge in [0.05, 0.1) is 23.9 Å². The quantitative estimate of drug-likeness (QED) is 0.384. The lowest BCUT2D eigenvalue weighted by Gasteiger charge is -2.35. The number of nitrogens with one attached hydrogen (secondary N) is 1. The first kappa shape index (κ1) is 22.1. The molecule has 1 atom stereocenters. The summed E-state index contributed by atoms with van der Waals surface area (Å²) in [4.78, 5) is 11.7. The Balaban J connectivity index is 0.00000261. The van der Waals surface area contributed by atoms with E-state index >= 15 is 0 Å². The highest BCUT2D eigenvalue weighted by atomic mass is 127. The normalized spacial score (nSPS) is 17.5. The fourth-order valence-electron chi connectivity index (χ4n) is 3.20. The predicted octanol–water partition coefficient (Wildman–Crippen LogP) is 3.96. The Morgan fingerprint density at radius 1 is 1.37 bits per heavy atom. The highest BCUT2D eigenvalue weighted by molar-refractivity contribution is 14.0. The van der Waals surface area contributed by atoms with Crippen molar-refractivity contribution < 1.29 is 4.74 Å². The number of benzene rings is 1. The minimum atomic E-state index is 0. The molecule has 0 aliphatic carbocycles. The molecule has 1 aromatic carbocycles. The zero-order valence-corrected chi connectivity index (χ0v) is 19.4. The van der Waals surface area contributed by atoms with Gasteiger partial charge in [-0.3, -0.25) is 4.99 Å². The van der Waals surface area contributed by atoms with Crippen molar-refractivity contribution in [2.45, 2.75) is 33.3 Å². The van der Waals surface area contributed by atoms with E-state index in [2.05, 4.69) is 58.7 Å². The molecule has 1 saturated heterocycles. The van der Waals surface area contributed by atoms with Crippen LogP contribution in [0.5, 0.6) is 0 Å². The van der Waals surface area contributed by atoms with Crippen LogP contribution in [0, 0.1) is 13.8 Å². The monoisotopic (exact) mass is 500 g/mol. The molecule has 2 aromatic rings. The summed E-state index contributed by atoms with van der Waals surface area (Å²) in [5, 5.41) is 6.67. The van der Waals surface area contributed by atoms with E-state index in [0.29, 0.717) is 6.61 Å². The number of nitrogens with zero attached hydrogens (tertiary/aromatic N) is 3. The first-order valence-electron chi connectivity index (χ1n) is 9.28. The number of aryl methyl sites for hydroxylation is 2. The second-order valence-corrected chi connectivity index (χ2v) is 7.57. The van der Waals surface area contributed by atoms with E-state index in [0.717, 1.165) is 49.3 Å². The standard InChI is InChI=1S/C20H28N4OS.HI/c1-4-21-20(22-10-9-17-14-26-16(3)23-17)24-11-12-25-19(13-24)18-8-6-5-7-15(18)2;/h5-8,14,19H,4,9-13H2,1-3H3,(H,21,22);1H. The van der Waals surface area contributed by atoms with Crippen LogP contribution in [0.15, 0.2) is 34.6 Å². The second kappa shape index (κ2) is 11.0. The van der Waals surface area contributed by atoms with Crippen LogP contribution in [-0.2, 0) is 11.2 Å². The zero-order valence-electron chi connectivity index (χ0n) is 16.3. The molecule has 2 heterocycles. The number of morpholine rings is 1. The molecule has 5 nitrogen and oxygen atoms in total. The molecular formula is C20H29IN4OS. The number of hydrogen-bond acceptors (Lipinski definition) is 4. The van der Waals surface area contributed by atoms with Gasteiger partial charge in [-0.25, -0.2) is 4.98 Å². The van der Waals surface area contributed by atoms with Crippen molar-refractivity contribution in [3.05, 3.63) is 51.5 Å². The molecule has 0 spiro atoms. The number of aliphatic imine (C=N–C) groups is 1. The van der Waals surface area contributed by atoms with Crippen LogP contribution in [0.4, 0.5) is 0 Å². The molecule has 1 aliphatic heterocycles. The Labute approximate surface area is 183 Å². The van der Waals surface area contributed by atoms with E-state index in [1.54, 1.807) is 11.3 Å². The Kier molecular flexibility index (Phi) is 8.98. The molecule has 1 unspecified atom stereocenters. The molecule has 1 fully saturated rings. The molecule has 0 saturated carbocycles. The van der Waals surface area contributed by atoms with Crippen LogP contribution < -0.4 is 5.32 Å². The Hall–Kier alpha value is -1.19. The van der Waals surface area contributed by atoms with E-state index in [1.165, 1.54) is 11.1 Å². The van der Waals surface area contributed by atoms with Crippen molar-refractivity contribution in [3.8, 4) is 0 Å².